The number of likely N-dealkylation sites (N-methyl/N-ethyl adjacent to an activating group) is 1. The van der Waals surface area contributed by atoms with Crippen molar-refractivity contribution in [3.05, 3.63) is 134 Å². The Kier molecular flexibility index (Phi) is 49.2. The third-order valence-electron chi connectivity index (χ3n) is 11.1. The van der Waals surface area contributed by atoms with Crippen molar-refractivity contribution < 1.29 is 42.1 Å². The molecule has 0 amide bonds. The van der Waals surface area contributed by atoms with Crippen LogP contribution in [0.3, 0.4) is 0 Å². The highest BCUT2D eigenvalue weighted by Gasteiger charge is 2.21. The number of nitrogens with zero attached hydrogens (tertiary/aromatic N) is 1. The molecule has 0 aliphatic carbocycles. The summed E-state index contributed by atoms with van der Waals surface area (Å²) in [5.74, 6) is -0.875. The van der Waals surface area contributed by atoms with E-state index in [4.69, 9.17) is 18.5 Å². The minimum absolute atomic E-state index is 0.0429. The predicted octanol–water partition coefficient (Wildman–Crippen LogP) is 16.7. The van der Waals surface area contributed by atoms with Crippen LogP contribution in [0.5, 0.6) is 0 Å². The summed E-state index contributed by atoms with van der Waals surface area (Å²) in [4.78, 5) is 37.7. The lowest BCUT2D eigenvalue weighted by atomic mass is 10.1. The van der Waals surface area contributed by atoms with Crippen LogP contribution in [-0.2, 0) is 32.7 Å². The van der Waals surface area contributed by atoms with Crippen molar-refractivity contribution in [1.82, 2.24) is 0 Å². The second-order valence-corrected chi connectivity index (χ2v) is 20.6. The summed E-state index contributed by atoms with van der Waals surface area (Å²) in [6.45, 7) is 4.00. The van der Waals surface area contributed by atoms with Crippen molar-refractivity contribution in [2.45, 2.75) is 200 Å². The fraction of sp³-hybridized carbons (Fsp3) is 0.613. The second-order valence-electron chi connectivity index (χ2n) is 19.2. The van der Waals surface area contributed by atoms with Crippen molar-refractivity contribution in [2.75, 3.05) is 47.5 Å². The number of phosphoric ester groups is 1. The van der Waals surface area contributed by atoms with Crippen LogP contribution in [0, 0.1) is 0 Å². The Bertz CT molecular complexity index is 1670. The van der Waals surface area contributed by atoms with Gasteiger partial charge in [0.25, 0.3) is 7.82 Å². The van der Waals surface area contributed by atoms with Crippen LogP contribution in [0.2, 0.25) is 0 Å². The number of esters is 2. The minimum atomic E-state index is -4.65. The summed E-state index contributed by atoms with van der Waals surface area (Å²) < 4.78 is 34.0. The largest absolute Gasteiger partial charge is 0.756 e. The molecule has 0 rings (SSSR count). The normalized spacial score (nSPS) is 14.4. The average molecular weight is 1020 g/mol. The maximum atomic E-state index is 12.8. The van der Waals surface area contributed by atoms with Gasteiger partial charge in [-0.05, 0) is 109 Å². The van der Waals surface area contributed by atoms with Gasteiger partial charge in [0, 0.05) is 12.8 Å². The summed E-state index contributed by atoms with van der Waals surface area (Å²) in [6, 6.07) is 0. The molecule has 0 heterocycles. The second kappa shape index (κ2) is 52.0. The first kappa shape index (κ1) is 68.2. The molecule has 0 radical (unpaired) electrons. The highest BCUT2D eigenvalue weighted by atomic mass is 31.2. The maximum absolute atomic E-state index is 12.8. The van der Waals surface area contributed by atoms with Gasteiger partial charge in [0.05, 0.1) is 27.7 Å². The number of phosphoric acid groups is 1. The van der Waals surface area contributed by atoms with E-state index in [9.17, 15) is 19.0 Å². The molecule has 0 saturated heterocycles. The Hall–Kier alpha value is -3.85. The van der Waals surface area contributed by atoms with E-state index in [0.29, 0.717) is 23.9 Å². The van der Waals surface area contributed by atoms with Gasteiger partial charge in [-0.2, -0.15) is 0 Å². The monoisotopic (exact) mass is 1020 g/mol. The van der Waals surface area contributed by atoms with Crippen LogP contribution < -0.4 is 4.89 Å². The number of carbonyl (C=O) groups is 2. The lowest BCUT2D eigenvalue weighted by Crippen LogP contribution is -2.37. The lowest BCUT2D eigenvalue weighted by Gasteiger charge is -2.28. The van der Waals surface area contributed by atoms with Crippen LogP contribution in [0.25, 0.3) is 0 Å². The lowest BCUT2D eigenvalue weighted by molar-refractivity contribution is -0.870. The summed E-state index contributed by atoms with van der Waals surface area (Å²) in [5.41, 5.74) is 0. The fourth-order valence-electron chi connectivity index (χ4n) is 6.86. The molecule has 0 aliphatic rings. The number of unbranched alkanes of at least 4 members (excludes halogenated alkanes) is 13. The summed E-state index contributed by atoms with van der Waals surface area (Å²) in [7, 11) is 1.13. The number of rotatable bonds is 49. The first-order chi connectivity index (χ1) is 35.0. The Morgan fingerprint density at radius 2 is 0.792 bits per heavy atom. The topological polar surface area (TPSA) is 111 Å². The molecule has 0 aromatic carbocycles. The Labute approximate surface area is 441 Å². The molecule has 72 heavy (non-hydrogen) atoms. The molecule has 0 aromatic heterocycles. The molecule has 9 nitrogen and oxygen atoms in total. The van der Waals surface area contributed by atoms with Crippen molar-refractivity contribution >= 4 is 19.8 Å². The van der Waals surface area contributed by atoms with E-state index in [1.54, 1.807) is 0 Å². The van der Waals surface area contributed by atoms with Crippen molar-refractivity contribution in [3.63, 3.8) is 0 Å². The van der Waals surface area contributed by atoms with Gasteiger partial charge in [0.1, 0.15) is 19.8 Å². The first-order valence-electron chi connectivity index (χ1n) is 27.9. The Morgan fingerprint density at radius 1 is 0.444 bits per heavy atom. The van der Waals surface area contributed by atoms with Gasteiger partial charge in [0.15, 0.2) is 6.10 Å². The van der Waals surface area contributed by atoms with Crippen LogP contribution in [0.4, 0.5) is 0 Å². The Morgan fingerprint density at radius 3 is 1.18 bits per heavy atom. The van der Waals surface area contributed by atoms with Crippen molar-refractivity contribution in [3.8, 4) is 0 Å². The first-order valence-corrected chi connectivity index (χ1v) is 29.4. The molecule has 2 unspecified atom stereocenters. The molecule has 0 N–H and O–H groups in total. The number of hydrogen-bond donors (Lipinski definition) is 0. The zero-order valence-electron chi connectivity index (χ0n) is 46.1. The average Bonchev–Trinajstić information content (AvgIpc) is 3.34. The molecule has 0 aliphatic heterocycles. The highest BCUT2D eigenvalue weighted by Crippen LogP contribution is 2.38. The SMILES string of the molecule is CC/C=C\C/C=C\C/C=C\C/C=C\C/C=C\C/C=C\C/C=C\C/C=C\C/C=C\CCCCCCCCCC(=O)OC(COC(=O)CCCCCCC/C=C\C/C=C\CCC)COP(=O)([O-])OCC[N+](C)(C)C. The van der Waals surface area contributed by atoms with Crippen LogP contribution in [0.15, 0.2) is 134 Å². The number of carbonyl (C=O) groups excluding carboxylic acids is 2. The maximum Gasteiger partial charge on any atom is 0.306 e. The smallest absolute Gasteiger partial charge is 0.306 e. The quantitative estimate of drug-likeness (QED) is 0.0195. The molecule has 0 fully saturated rings. The van der Waals surface area contributed by atoms with Crippen LogP contribution >= 0.6 is 7.82 Å². The molecule has 0 saturated carbocycles. The predicted molar refractivity (Wildman–Crippen MR) is 304 cm³/mol. The number of quaternary nitrogens is 1. The van der Waals surface area contributed by atoms with Gasteiger partial charge in [-0.3, -0.25) is 14.2 Å². The molecule has 0 bridgehead atoms. The molecule has 2 atom stereocenters. The number of hydrogen-bond acceptors (Lipinski definition) is 8. The molecular weight excluding hydrogens is 918 g/mol. The van der Waals surface area contributed by atoms with E-state index in [-0.39, 0.29) is 26.1 Å². The third-order valence-corrected chi connectivity index (χ3v) is 12.1. The summed E-state index contributed by atoms with van der Waals surface area (Å²) in [5, 5.41) is 0. The van der Waals surface area contributed by atoms with Crippen LogP contribution in [0.1, 0.15) is 194 Å². The van der Waals surface area contributed by atoms with E-state index in [2.05, 4.69) is 148 Å². The summed E-state index contributed by atoms with van der Waals surface area (Å²) in [6.07, 6.45) is 75.0. The zero-order valence-corrected chi connectivity index (χ0v) is 47.0. The standard InChI is InChI=1S/C62H102NO8P/c1-6-8-10-12-14-16-18-20-21-22-23-24-25-26-27-28-29-30-31-32-33-34-35-36-37-38-39-40-41-43-45-47-49-51-53-55-62(65)71-60(59-70-72(66,67)69-57-56-63(3,4)5)58-68-61(64)54-52-50-48-46-44-42-19-17-15-13-11-9-7-2/h8,10-11,13-14,16-17,19-21,23-24,26-27,29-30,32-33,35-36,38-39,60H,6-7,9,12,15,18,22,25,28,31,34,37,40-59H2,1-5H3/b10-8-,13-11-,16-14-,19-17-,21-20-,24-23-,27-26-,30-29-,33-32-,36-35-,39-38-. The molecule has 0 aromatic rings. The number of ether oxygens (including phenoxy) is 2. The van der Waals surface area contributed by atoms with E-state index in [1.165, 1.54) is 19.3 Å². The zero-order chi connectivity index (χ0) is 52.7. The third kappa shape index (κ3) is 55.5. The van der Waals surface area contributed by atoms with Gasteiger partial charge in [0.2, 0.25) is 0 Å². The van der Waals surface area contributed by atoms with E-state index >= 15 is 0 Å². The van der Waals surface area contributed by atoms with Gasteiger partial charge in [-0.25, -0.2) is 0 Å². The summed E-state index contributed by atoms with van der Waals surface area (Å²) >= 11 is 0. The van der Waals surface area contributed by atoms with Gasteiger partial charge in [-0.15, -0.1) is 0 Å². The molecular formula is C62H102NO8P. The minimum Gasteiger partial charge on any atom is -0.756 e. The van der Waals surface area contributed by atoms with E-state index < -0.39 is 32.5 Å². The fourth-order valence-corrected chi connectivity index (χ4v) is 7.59. The van der Waals surface area contributed by atoms with Gasteiger partial charge >= 0.3 is 11.9 Å². The van der Waals surface area contributed by atoms with Gasteiger partial charge < -0.3 is 27.9 Å². The van der Waals surface area contributed by atoms with Crippen molar-refractivity contribution in [2.24, 2.45) is 0 Å². The number of allylic oxidation sites excluding steroid dienone is 22. The van der Waals surface area contributed by atoms with Crippen molar-refractivity contribution in [1.29, 1.82) is 0 Å². The molecule has 408 valence electrons. The molecule has 0 spiro atoms. The van der Waals surface area contributed by atoms with E-state index in [1.807, 2.05) is 21.1 Å². The van der Waals surface area contributed by atoms with Crippen LogP contribution in [-0.4, -0.2) is 70.0 Å². The Balaban J connectivity index is 4.19. The molecule has 10 heteroatoms. The van der Waals surface area contributed by atoms with E-state index in [0.717, 1.165) is 135 Å². The van der Waals surface area contributed by atoms with Gasteiger partial charge in [-0.1, -0.05) is 205 Å². The highest BCUT2D eigenvalue weighted by molar-refractivity contribution is 7.45.